The molecule has 0 atom stereocenters. The fourth-order valence-corrected chi connectivity index (χ4v) is 3.39. The van der Waals surface area contributed by atoms with Crippen molar-refractivity contribution >= 4 is 28.5 Å². The Morgan fingerprint density at radius 2 is 2.07 bits per heavy atom. The second-order valence-corrected chi connectivity index (χ2v) is 7.00. The van der Waals surface area contributed by atoms with Gasteiger partial charge in [-0.2, -0.15) is 5.10 Å². The number of carbonyl (C=O) groups excluding carboxylic acids is 1. The van der Waals surface area contributed by atoms with Crippen LogP contribution in [0.15, 0.2) is 36.5 Å². The quantitative estimate of drug-likeness (QED) is 0.705. The molecule has 4 rings (SSSR count). The number of methoxy groups -OCH3 is 1. The summed E-state index contributed by atoms with van der Waals surface area (Å²) in [7, 11) is 1.53. The summed E-state index contributed by atoms with van der Waals surface area (Å²) in [5.74, 6) is -0.888. The van der Waals surface area contributed by atoms with Gasteiger partial charge in [0.2, 0.25) is 0 Å². The lowest BCUT2D eigenvalue weighted by Gasteiger charge is -2.32. The molecule has 1 saturated carbocycles. The molecular formula is C20H20N4O4. The molecule has 2 aromatic heterocycles. The molecule has 1 aliphatic carbocycles. The van der Waals surface area contributed by atoms with E-state index < -0.39 is 5.97 Å². The van der Waals surface area contributed by atoms with Crippen LogP contribution < -0.4 is 10.1 Å². The highest BCUT2D eigenvalue weighted by Gasteiger charge is 2.36. The average molecular weight is 380 g/mol. The van der Waals surface area contributed by atoms with Gasteiger partial charge in [-0.15, -0.1) is 0 Å². The van der Waals surface area contributed by atoms with E-state index in [9.17, 15) is 9.59 Å². The summed E-state index contributed by atoms with van der Waals surface area (Å²) in [6.07, 6.45) is 3.02. The SMILES string of the molecule is COc1cc2nn(C3CC(C(=O)O)C3)cc2cc1NC(=O)c1cccc(C)n1. The lowest BCUT2D eigenvalue weighted by atomic mass is 9.80. The van der Waals surface area contributed by atoms with Crippen LogP contribution in [0.1, 0.15) is 35.1 Å². The van der Waals surface area contributed by atoms with E-state index in [-0.39, 0.29) is 17.9 Å². The predicted octanol–water partition coefficient (Wildman–Crippen LogP) is 3.04. The third-order valence-electron chi connectivity index (χ3n) is 5.05. The second kappa shape index (κ2) is 6.95. The van der Waals surface area contributed by atoms with Crippen molar-refractivity contribution in [3.63, 3.8) is 0 Å². The van der Waals surface area contributed by atoms with Crippen LogP contribution in [0, 0.1) is 12.8 Å². The molecule has 144 valence electrons. The van der Waals surface area contributed by atoms with E-state index in [4.69, 9.17) is 9.84 Å². The number of aromatic nitrogens is 3. The van der Waals surface area contributed by atoms with E-state index in [2.05, 4.69) is 15.4 Å². The molecule has 1 amide bonds. The number of anilines is 1. The maximum atomic E-state index is 12.5. The molecule has 0 saturated heterocycles. The van der Waals surface area contributed by atoms with Crippen LogP contribution >= 0.6 is 0 Å². The number of nitrogens with zero attached hydrogens (tertiary/aromatic N) is 3. The van der Waals surface area contributed by atoms with Crippen LogP contribution in [0.2, 0.25) is 0 Å². The molecule has 0 unspecified atom stereocenters. The number of aryl methyl sites for hydroxylation is 1. The summed E-state index contributed by atoms with van der Waals surface area (Å²) in [5, 5.41) is 17.3. The molecule has 1 fully saturated rings. The third-order valence-corrected chi connectivity index (χ3v) is 5.05. The second-order valence-electron chi connectivity index (χ2n) is 7.00. The first kappa shape index (κ1) is 18.0. The van der Waals surface area contributed by atoms with Crippen molar-refractivity contribution < 1.29 is 19.4 Å². The van der Waals surface area contributed by atoms with Gasteiger partial charge in [-0.05, 0) is 38.0 Å². The van der Waals surface area contributed by atoms with Crippen molar-refractivity contribution in [1.82, 2.24) is 14.8 Å². The maximum Gasteiger partial charge on any atom is 0.306 e. The Morgan fingerprint density at radius 1 is 1.29 bits per heavy atom. The van der Waals surface area contributed by atoms with E-state index in [0.29, 0.717) is 30.0 Å². The van der Waals surface area contributed by atoms with Crippen LogP contribution in [0.4, 0.5) is 5.69 Å². The van der Waals surface area contributed by atoms with Gasteiger partial charge in [-0.3, -0.25) is 14.3 Å². The van der Waals surface area contributed by atoms with Gasteiger partial charge in [0, 0.05) is 23.3 Å². The molecule has 0 radical (unpaired) electrons. The lowest BCUT2D eigenvalue weighted by Crippen LogP contribution is -2.32. The number of hydrogen-bond donors (Lipinski definition) is 2. The molecular weight excluding hydrogens is 360 g/mol. The van der Waals surface area contributed by atoms with Gasteiger partial charge in [-0.25, -0.2) is 4.98 Å². The van der Waals surface area contributed by atoms with Crippen molar-refractivity contribution in [3.05, 3.63) is 47.9 Å². The number of amides is 1. The monoisotopic (exact) mass is 380 g/mol. The van der Waals surface area contributed by atoms with Gasteiger partial charge in [0.15, 0.2) is 0 Å². The molecule has 8 nitrogen and oxygen atoms in total. The number of benzene rings is 1. The van der Waals surface area contributed by atoms with Gasteiger partial charge in [0.1, 0.15) is 11.4 Å². The minimum absolute atomic E-state index is 0.0778. The average Bonchev–Trinajstić information content (AvgIpc) is 3.01. The fraction of sp³-hybridized carbons (Fsp3) is 0.300. The highest BCUT2D eigenvalue weighted by atomic mass is 16.5. The molecule has 8 heteroatoms. The van der Waals surface area contributed by atoms with E-state index >= 15 is 0 Å². The number of nitrogens with one attached hydrogen (secondary N) is 1. The first-order valence-electron chi connectivity index (χ1n) is 8.99. The zero-order valence-electron chi connectivity index (χ0n) is 15.5. The minimum atomic E-state index is -0.760. The van der Waals surface area contributed by atoms with E-state index in [1.54, 1.807) is 28.9 Å². The Bertz CT molecular complexity index is 1070. The number of aliphatic carboxylic acids is 1. The summed E-state index contributed by atoms with van der Waals surface area (Å²) < 4.78 is 7.21. The molecule has 0 aliphatic heterocycles. The number of hydrogen-bond acceptors (Lipinski definition) is 5. The molecule has 2 heterocycles. The van der Waals surface area contributed by atoms with Gasteiger partial charge in [-0.1, -0.05) is 6.07 Å². The molecule has 3 aromatic rings. The van der Waals surface area contributed by atoms with Crippen molar-refractivity contribution in [2.45, 2.75) is 25.8 Å². The molecule has 0 bridgehead atoms. The van der Waals surface area contributed by atoms with E-state index in [1.165, 1.54) is 7.11 Å². The van der Waals surface area contributed by atoms with Gasteiger partial charge < -0.3 is 15.2 Å². The Morgan fingerprint density at radius 3 is 2.75 bits per heavy atom. The minimum Gasteiger partial charge on any atom is -0.494 e. The first-order valence-corrected chi connectivity index (χ1v) is 8.99. The number of rotatable bonds is 5. The van der Waals surface area contributed by atoms with Gasteiger partial charge in [0.05, 0.1) is 30.3 Å². The summed E-state index contributed by atoms with van der Waals surface area (Å²) in [6, 6.07) is 8.91. The Labute approximate surface area is 161 Å². The summed E-state index contributed by atoms with van der Waals surface area (Å²) >= 11 is 0. The van der Waals surface area contributed by atoms with Gasteiger partial charge in [0.25, 0.3) is 5.91 Å². The zero-order chi connectivity index (χ0) is 19.8. The number of ether oxygens (including phenoxy) is 1. The summed E-state index contributed by atoms with van der Waals surface area (Å²) in [4.78, 5) is 27.8. The number of fused-ring (bicyclic) bond motifs is 1. The molecule has 28 heavy (non-hydrogen) atoms. The smallest absolute Gasteiger partial charge is 0.306 e. The predicted molar refractivity (Wildman–Crippen MR) is 103 cm³/mol. The highest BCUT2D eigenvalue weighted by Crippen LogP contribution is 2.39. The molecule has 0 spiro atoms. The van der Waals surface area contributed by atoms with Crippen LogP contribution in [0.25, 0.3) is 10.9 Å². The fourth-order valence-electron chi connectivity index (χ4n) is 3.39. The van der Waals surface area contributed by atoms with Crippen LogP contribution in [0.5, 0.6) is 5.75 Å². The summed E-state index contributed by atoms with van der Waals surface area (Å²) in [6.45, 7) is 1.83. The number of carboxylic acids is 1. The first-order chi connectivity index (χ1) is 13.4. The van der Waals surface area contributed by atoms with Gasteiger partial charge >= 0.3 is 5.97 Å². The number of carboxylic acid groups (broad SMARTS) is 1. The topological polar surface area (TPSA) is 106 Å². The largest absolute Gasteiger partial charge is 0.494 e. The molecule has 1 aromatic carbocycles. The maximum absolute atomic E-state index is 12.5. The number of pyridine rings is 1. The standard InChI is InChI=1S/C20H20N4O4/c1-11-4-3-5-15(21-11)19(25)22-17-8-13-10-24(14-6-12(7-14)20(26)27)23-16(13)9-18(17)28-2/h3-5,8-10,12,14H,6-7H2,1-2H3,(H,22,25)(H,26,27). The highest BCUT2D eigenvalue weighted by molar-refractivity contribution is 6.05. The Kier molecular flexibility index (Phi) is 4.46. The van der Waals surface area contributed by atoms with E-state index in [1.807, 2.05) is 19.2 Å². The van der Waals surface area contributed by atoms with Crippen LogP contribution in [-0.4, -0.2) is 38.9 Å². The number of carbonyl (C=O) groups is 2. The van der Waals surface area contributed by atoms with E-state index in [0.717, 1.165) is 16.6 Å². The van der Waals surface area contributed by atoms with Crippen molar-refractivity contribution in [1.29, 1.82) is 0 Å². The molecule has 1 aliphatic rings. The third kappa shape index (κ3) is 3.28. The van der Waals surface area contributed by atoms with Crippen LogP contribution in [0.3, 0.4) is 0 Å². The van der Waals surface area contributed by atoms with Crippen molar-refractivity contribution in [2.75, 3.05) is 12.4 Å². The zero-order valence-corrected chi connectivity index (χ0v) is 15.5. The van der Waals surface area contributed by atoms with Crippen molar-refractivity contribution in [2.24, 2.45) is 5.92 Å². The lowest BCUT2D eigenvalue weighted by molar-refractivity contribution is -0.146. The normalized spacial score (nSPS) is 18.5. The Hall–Kier alpha value is -3.42. The van der Waals surface area contributed by atoms with Crippen molar-refractivity contribution in [3.8, 4) is 5.75 Å². The molecule has 2 N–H and O–H groups in total. The summed E-state index contributed by atoms with van der Waals surface area (Å²) in [5.41, 5.74) is 2.34. The Balaban J connectivity index is 1.60. The van der Waals surface area contributed by atoms with Crippen LogP contribution in [-0.2, 0) is 4.79 Å².